The van der Waals surface area contributed by atoms with Gasteiger partial charge in [-0.2, -0.15) is 0 Å². The molecule has 0 aliphatic rings. The van der Waals surface area contributed by atoms with Gasteiger partial charge in [0.2, 0.25) is 0 Å². The normalized spacial score (nSPS) is 11.7. The van der Waals surface area contributed by atoms with Crippen LogP contribution in [0.4, 0.5) is 0 Å². The number of imidazole rings is 1. The van der Waals surface area contributed by atoms with E-state index in [0.717, 1.165) is 55.6 Å². The second kappa shape index (κ2) is 17.7. The number of furan rings is 1. The molecule has 6 heteroatoms. The Morgan fingerprint density at radius 1 is 0.617 bits per heavy atom. The van der Waals surface area contributed by atoms with Crippen LogP contribution in [-0.2, 0) is 20.1 Å². The molecule has 0 N–H and O–H groups in total. The van der Waals surface area contributed by atoms with E-state index in [-0.39, 0.29) is 20.1 Å². The molecule has 3 aromatic heterocycles. The number of aromatic nitrogens is 3. The Morgan fingerprint density at radius 2 is 1.27 bits per heavy atom. The fraction of sp³-hybridized carbons (Fsp3) is 0.222. The summed E-state index contributed by atoms with van der Waals surface area (Å²) in [7, 11) is -1.34. The van der Waals surface area contributed by atoms with Crippen molar-refractivity contribution in [2.24, 2.45) is 0 Å². The maximum atomic E-state index is 6.47. The number of hydrogen-bond acceptors (Lipinski definition) is 3. The fourth-order valence-electron chi connectivity index (χ4n) is 8.17. The second-order valence-electron chi connectivity index (χ2n) is 17.5. The van der Waals surface area contributed by atoms with Gasteiger partial charge in [0.1, 0.15) is 5.58 Å². The van der Waals surface area contributed by atoms with Crippen LogP contribution in [0.15, 0.2) is 144 Å². The van der Waals surface area contributed by atoms with Gasteiger partial charge in [-0.25, -0.2) is 0 Å². The zero-order chi connectivity index (χ0) is 41.4. The van der Waals surface area contributed by atoms with Crippen molar-refractivity contribution in [2.45, 2.75) is 78.9 Å². The Labute approximate surface area is 370 Å². The number of benzene rings is 6. The van der Waals surface area contributed by atoms with Crippen LogP contribution in [0.2, 0.25) is 19.6 Å². The van der Waals surface area contributed by atoms with E-state index in [1.54, 1.807) is 0 Å². The standard InChI is InChI=1S/C37H31N2O.C17H22NSi.Ir/c1-23(2)30-21-26(25-13-6-5-7-14-25)22-31(24(3)4)35(30)39-33-19-10-9-18-32(33)38-37(39)29-17-12-16-28-27-15-8-11-20-34(27)40-36(28)29;1-13(2)15-11-16(14-9-7-6-8-10-14)18-12-17(15)19(3,4)5;/h5-16,18-24H,1-4H3;6-9,11-13H,1-5H3;/q2*-1;. The molecule has 0 unspecified atom stereocenters. The van der Waals surface area contributed by atoms with Crippen LogP contribution in [0.3, 0.4) is 0 Å². The summed E-state index contributed by atoms with van der Waals surface area (Å²) in [6, 6.07) is 53.2. The summed E-state index contributed by atoms with van der Waals surface area (Å²) in [6.07, 6.45) is 2.09. The molecule has 0 amide bonds. The number of fused-ring (bicyclic) bond motifs is 4. The van der Waals surface area contributed by atoms with Crippen LogP contribution in [-0.4, -0.2) is 22.6 Å². The molecule has 0 aliphatic carbocycles. The Morgan fingerprint density at radius 3 is 1.93 bits per heavy atom. The Kier molecular flexibility index (Phi) is 12.6. The van der Waals surface area contributed by atoms with E-state index in [1.807, 2.05) is 36.4 Å². The summed E-state index contributed by atoms with van der Waals surface area (Å²) in [5, 5.41) is 3.66. The zero-order valence-corrected chi connectivity index (χ0v) is 39.5. The first-order valence-corrected chi connectivity index (χ1v) is 24.4. The van der Waals surface area contributed by atoms with Crippen molar-refractivity contribution in [3.8, 4) is 39.5 Å². The largest absolute Gasteiger partial charge is 0.501 e. The molecule has 9 rings (SSSR count). The van der Waals surface area contributed by atoms with Crippen LogP contribution in [0.5, 0.6) is 0 Å². The van der Waals surface area contributed by atoms with Crippen molar-refractivity contribution in [1.29, 1.82) is 0 Å². The summed E-state index contributed by atoms with van der Waals surface area (Å²) in [6.45, 7) is 20.8. The molecule has 0 saturated carbocycles. The molecule has 3 heterocycles. The first-order chi connectivity index (χ1) is 28.4. The van der Waals surface area contributed by atoms with Gasteiger partial charge in [0.05, 0.1) is 30.5 Å². The van der Waals surface area contributed by atoms with Gasteiger partial charge < -0.3 is 14.0 Å². The van der Waals surface area contributed by atoms with Crippen LogP contribution in [0.1, 0.15) is 76.0 Å². The van der Waals surface area contributed by atoms with Gasteiger partial charge in [0.25, 0.3) is 0 Å². The minimum Gasteiger partial charge on any atom is -0.501 e. The van der Waals surface area contributed by atoms with Crippen molar-refractivity contribution < 1.29 is 24.5 Å². The first-order valence-electron chi connectivity index (χ1n) is 20.9. The zero-order valence-electron chi connectivity index (χ0n) is 36.1. The molecule has 0 fully saturated rings. The SMILES string of the molecule is CC(C)c1cc(-c2[c-]cccc2)ncc1[Si](C)(C)C.CC(C)c1cc(-c2ccccc2)cc(C(C)C)c1-n1c(-c2[c-]ccc3c2oc2ccccc23)nc2ccccc21.[Ir]. The van der Waals surface area contributed by atoms with Gasteiger partial charge in [0, 0.05) is 37.4 Å². The van der Waals surface area contributed by atoms with E-state index in [4.69, 9.17) is 9.40 Å². The van der Waals surface area contributed by atoms with Crippen LogP contribution < -0.4 is 5.19 Å². The smallest absolute Gasteiger partial charge is 0.120 e. The van der Waals surface area contributed by atoms with Crippen molar-refractivity contribution in [1.82, 2.24) is 14.5 Å². The minimum atomic E-state index is -1.34. The third kappa shape index (κ3) is 8.34. The van der Waals surface area contributed by atoms with Crippen LogP contribution in [0, 0.1) is 12.1 Å². The molecule has 0 atom stereocenters. The second-order valence-corrected chi connectivity index (χ2v) is 22.5. The van der Waals surface area contributed by atoms with E-state index in [1.165, 1.54) is 38.7 Å². The predicted octanol–water partition coefficient (Wildman–Crippen LogP) is 14.5. The summed E-state index contributed by atoms with van der Waals surface area (Å²) >= 11 is 0. The monoisotopic (exact) mass is 980 g/mol. The van der Waals surface area contributed by atoms with E-state index < -0.39 is 8.07 Å². The van der Waals surface area contributed by atoms with Gasteiger partial charge in [-0.15, -0.1) is 54.1 Å². The van der Waals surface area contributed by atoms with E-state index in [0.29, 0.717) is 17.8 Å². The molecule has 1 radical (unpaired) electrons. The fourth-order valence-corrected chi connectivity index (χ4v) is 9.85. The van der Waals surface area contributed by atoms with Crippen molar-refractivity contribution >= 4 is 46.2 Å². The molecule has 60 heavy (non-hydrogen) atoms. The minimum absolute atomic E-state index is 0. The molecule has 0 aliphatic heterocycles. The van der Waals surface area contributed by atoms with Crippen molar-refractivity contribution in [3.63, 3.8) is 0 Å². The molecule has 6 aromatic carbocycles. The van der Waals surface area contributed by atoms with Gasteiger partial charge in [0.15, 0.2) is 0 Å². The molecule has 0 saturated heterocycles. The number of rotatable bonds is 8. The third-order valence-corrected chi connectivity index (χ3v) is 13.3. The predicted molar refractivity (Wildman–Crippen MR) is 252 cm³/mol. The molecule has 305 valence electrons. The Hall–Kier alpha value is -5.39. The van der Waals surface area contributed by atoms with Crippen LogP contribution >= 0.6 is 0 Å². The third-order valence-electron chi connectivity index (χ3n) is 11.2. The Balaban J connectivity index is 0.000000230. The van der Waals surface area contributed by atoms with Crippen molar-refractivity contribution in [3.05, 3.63) is 168 Å². The average Bonchev–Trinajstić information content (AvgIpc) is 3.82. The molecule has 4 nitrogen and oxygen atoms in total. The van der Waals surface area contributed by atoms with Crippen LogP contribution in [0.25, 0.3) is 72.4 Å². The van der Waals surface area contributed by atoms with Gasteiger partial charge in [-0.3, -0.25) is 4.98 Å². The summed E-state index contributed by atoms with van der Waals surface area (Å²) in [5.74, 6) is 1.99. The van der Waals surface area contributed by atoms with E-state index >= 15 is 0 Å². The molecular formula is C54H53IrN3OSi-2. The molecular weight excluding hydrogens is 927 g/mol. The Bertz CT molecular complexity index is 2870. The van der Waals surface area contributed by atoms with Gasteiger partial charge in [-0.05, 0) is 81.2 Å². The summed E-state index contributed by atoms with van der Waals surface area (Å²) in [5.41, 5.74) is 14.4. The van der Waals surface area contributed by atoms with E-state index in [2.05, 4.69) is 186 Å². The maximum Gasteiger partial charge on any atom is 0.120 e. The number of hydrogen-bond donors (Lipinski definition) is 0. The topological polar surface area (TPSA) is 43.9 Å². The molecule has 0 bridgehead atoms. The first kappa shape index (κ1) is 42.7. The number of pyridine rings is 1. The summed E-state index contributed by atoms with van der Waals surface area (Å²) < 4.78 is 8.83. The maximum absolute atomic E-state index is 6.47. The number of nitrogens with zero attached hydrogens (tertiary/aromatic N) is 3. The molecule has 0 spiro atoms. The quantitative estimate of drug-likeness (QED) is 0.113. The van der Waals surface area contributed by atoms with Crippen molar-refractivity contribution in [2.75, 3.05) is 0 Å². The van der Waals surface area contributed by atoms with Gasteiger partial charge in [-0.1, -0.05) is 144 Å². The average molecular weight is 980 g/mol. The number of para-hydroxylation sites is 3. The summed E-state index contributed by atoms with van der Waals surface area (Å²) in [4.78, 5) is 9.89. The van der Waals surface area contributed by atoms with Gasteiger partial charge >= 0.3 is 0 Å². The van der Waals surface area contributed by atoms with E-state index in [9.17, 15) is 0 Å². The molecule has 9 aromatic rings.